The minimum Gasteiger partial charge on any atom is -0.425 e. The quantitative estimate of drug-likeness (QED) is 0.0772. The van der Waals surface area contributed by atoms with E-state index in [9.17, 15) is 23.2 Å². The van der Waals surface area contributed by atoms with Crippen molar-refractivity contribution in [3.8, 4) is 6.07 Å². The molecule has 3 aliphatic heterocycles. The minimum atomic E-state index is -1.91. The molecule has 2 atom stereocenters. The van der Waals surface area contributed by atoms with Gasteiger partial charge in [-0.3, -0.25) is 4.79 Å². The molecule has 0 radical (unpaired) electrons. The van der Waals surface area contributed by atoms with Crippen LogP contribution in [0.5, 0.6) is 0 Å². The van der Waals surface area contributed by atoms with Gasteiger partial charge in [0.1, 0.15) is 30.1 Å². The lowest BCUT2D eigenvalue weighted by Crippen LogP contribution is -2.47. The van der Waals surface area contributed by atoms with Crippen LogP contribution in [0.1, 0.15) is 49.3 Å². The molecule has 318 valence electrons. The lowest BCUT2D eigenvalue weighted by atomic mass is 9.89. The molecule has 3 aliphatic rings. The predicted octanol–water partition coefficient (Wildman–Crippen LogP) is 5.89. The number of piperidine rings is 1. The first-order valence-electron chi connectivity index (χ1n) is 19.5. The van der Waals surface area contributed by atoms with Crippen LogP contribution >= 0.6 is 11.8 Å². The summed E-state index contributed by atoms with van der Waals surface area (Å²) in [5, 5.41) is 11.9. The summed E-state index contributed by atoms with van der Waals surface area (Å²) in [7, 11) is 0. The Morgan fingerprint density at radius 2 is 1.77 bits per heavy atom. The van der Waals surface area contributed by atoms with E-state index in [2.05, 4.69) is 15.0 Å². The van der Waals surface area contributed by atoms with E-state index in [1.165, 1.54) is 60.1 Å². The molecule has 4 heterocycles. The number of halogens is 3. The summed E-state index contributed by atoms with van der Waals surface area (Å²) in [5.41, 5.74) is -1.59. The van der Waals surface area contributed by atoms with Crippen molar-refractivity contribution in [3.63, 3.8) is 0 Å². The maximum Gasteiger partial charge on any atom is 0.512 e. The molecule has 0 spiro atoms. The van der Waals surface area contributed by atoms with Gasteiger partial charge in [-0.2, -0.15) is 10.4 Å². The average Bonchev–Trinajstić information content (AvgIpc) is 3.98. The Morgan fingerprint density at radius 3 is 2.45 bits per heavy atom. The molecular formula is C42H45F3N6O8S. The third-order valence-electron chi connectivity index (χ3n) is 10.4. The minimum absolute atomic E-state index is 0.163. The van der Waals surface area contributed by atoms with Gasteiger partial charge >= 0.3 is 12.1 Å². The zero-order valence-electron chi connectivity index (χ0n) is 32.9. The van der Waals surface area contributed by atoms with Gasteiger partial charge in [-0.1, -0.05) is 24.3 Å². The highest BCUT2D eigenvalue weighted by atomic mass is 32.2. The van der Waals surface area contributed by atoms with Gasteiger partial charge in [0.25, 0.3) is 0 Å². The second-order valence-corrected chi connectivity index (χ2v) is 16.0. The van der Waals surface area contributed by atoms with E-state index in [1.807, 2.05) is 6.07 Å². The summed E-state index contributed by atoms with van der Waals surface area (Å²) < 4.78 is 73.3. The van der Waals surface area contributed by atoms with Crippen molar-refractivity contribution >= 4 is 35.9 Å². The molecule has 2 aromatic carbocycles. The van der Waals surface area contributed by atoms with Crippen LogP contribution in [0.25, 0.3) is 6.08 Å². The Bertz CT molecular complexity index is 2080. The number of likely N-dealkylation sites (tertiary alicyclic amines) is 2. The van der Waals surface area contributed by atoms with Crippen LogP contribution in [0.3, 0.4) is 0 Å². The Hall–Kier alpha value is -5.48. The van der Waals surface area contributed by atoms with Crippen molar-refractivity contribution in [1.29, 1.82) is 5.26 Å². The van der Waals surface area contributed by atoms with E-state index in [0.29, 0.717) is 30.8 Å². The summed E-state index contributed by atoms with van der Waals surface area (Å²) in [6, 6.07) is 9.36. The molecule has 0 bridgehead atoms. The normalized spacial score (nSPS) is 20.6. The third kappa shape index (κ3) is 11.8. The number of carbonyl (C=O) groups excluding carboxylic acids is 3. The smallest absolute Gasteiger partial charge is 0.425 e. The van der Waals surface area contributed by atoms with Gasteiger partial charge in [-0.25, -0.2) is 32.4 Å². The van der Waals surface area contributed by atoms with Gasteiger partial charge in [0.05, 0.1) is 36.6 Å². The van der Waals surface area contributed by atoms with Crippen molar-refractivity contribution in [3.05, 3.63) is 114 Å². The van der Waals surface area contributed by atoms with Gasteiger partial charge in [-0.15, -0.1) is 11.8 Å². The number of ether oxygens (including phenoxy) is 5. The predicted molar refractivity (Wildman–Crippen MR) is 212 cm³/mol. The number of carbonyl (C=O) groups is 3. The summed E-state index contributed by atoms with van der Waals surface area (Å²) in [5.74, 6) is -3.66. The molecule has 6 rings (SSSR count). The van der Waals surface area contributed by atoms with Crippen molar-refractivity contribution in [2.45, 2.75) is 67.6 Å². The van der Waals surface area contributed by atoms with E-state index in [4.69, 9.17) is 28.9 Å². The van der Waals surface area contributed by atoms with Crippen LogP contribution in [-0.4, -0.2) is 112 Å². The first-order chi connectivity index (χ1) is 29.0. The monoisotopic (exact) mass is 850 g/mol. The van der Waals surface area contributed by atoms with Crippen LogP contribution in [0, 0.1) is 28.8 Å². The molecule has 14 nitrogen and oxygen atoms in total. The first kappa shape index (κ1) is 44.1. The van der Waals surface area contributed by atoms with Crippen molar-refractivity contribution in [1.82, 2.24) is 24.6 Å². The van der Waals surface area contributed by atoms with E-state index < -0.39 is 53.5 Å². The number of benzene rings is 2. The standard InChI is InChI=1S/C42H45F3N6O8S/c1-29(60-34-23-55-40(56-24-34)7-3-2-6-31-9-8-30(22-46)20-36(31)44)42(25-51-27-47-26-48-51,35-11-10-32(43)21-37(35)45)59-41(54)58-28-57-39(53)13-12-38(52)50-18-14-33(15-19-50)49-16-4-5-17-49/h2-3,6-13,20-21,26-27,29,33-34,40H,4-5,14-19,23-25,28H2,1H3. The lowest BCUT2D eigenvalue weighted by molar-refractivity contribution is -0.149. The summed E-state index contributed by atoms with van der Waals surface area (Å²) in [6.07, 6.45) is 13.1. The van der Waals surface area contributed by atoms with E-state index in [1.54, 1.807) is 30.1 Å². The highest BCUT2D eigenvalue weighted by molar-refractivity contribution is 8.00. The summed E-state index contributed by atoms with van der Waals surface area (Å²) in [6.45, 7) is 4.17. The molecule has 2 unspecified atom stereocenters. The SMILES string of the molecule is CC(SC1COC(C=CC=Cc2ccc(C#N)cc2F)OC1)C(Cn1cncn1)(OC(=O)OCOC(=O)C=CC(=O)N1CCC(N2CCCC2)CC1)c1ccc(F)cc1F. The molecule has 3 fully saturated rings. The maximum atomic E-state index is 15.7. The van der Waals surface area contributed by atoms with Crippen LogP contribution in [-0.2, 0) is 45.4 Å². The lowest BCUT2D eigenvalue weighted by Gasteiger charge is -2.40. The molecule has 1 aromatic heterocycles. The van der Waals surface area contributed by atoms with Crippen LogP contribution < -0.4 is 0 Å². The number of rotatable bonds is 15. The first-order valence-corrected chi connectivity index (χ1v) is 20.4. The Balaban J connectivity index is 1.06. The topological polar surface area (TPSA) is 158 Å². The van der Waals surface area contributed by atoms with Gasteiger partial charge in [-0.05, 0) is 76.0 Å². The molecule has 18 heteroatoms. The van der Waals surface area contributed by atoms with Gasteiger partial charge < -0.3 is 33.5 Å². The molecule has 0 N–H and O–H groups in total. The Morgan fingerprint density at radius 1 is 1.00 bits per heavy atom. The number of thioether (sulfide) groups is 1. The second-order valence-electron chi connectivity index (χ2n) is 14.3. The number of esters is 1. The maximum absolute atomic E-state index is 15.7. The molecular weight excluding hydrogens is 806 g/mol. The van der Waals surface area contributed by atoms with E-state index in [-0.39, 0.29) is 42.0 Å². The molecule has 0 saturated carbocycles. The Kier molecular flexibility index (Phi) is 15.5. The fraction of sp³-hybridized carbons (Fsp3) is 0.429. The van der Waals surface area contributed by atoms with E-state index in [0.717, 1.165) is 56.3 Å². The zero-order valence-corrected chi connectivity index (χ0v) is 33.7. The number of aromatic nitrogens is 3. The molecule has 3 aromatic rings. The highest BCUT2D eigenvalue weighted by Gasteiger charge is 2.47. The van der Waals surface area contributed by atoms with Crippen molar-refractivity contribution in [2.75, 3.05) is 46.2 Å². The number of allylic oxidation sites excluding steroid dienone is 2. The van der Waals surface area contributed by atoms with Crippen LogP contribution in [0.2, 0.25) is 0 Å². The van der Waals surface area contributed by atoms with Crippen LogP contribution in [0.15, 0.2) is 79.4 Å². The molecule has 3 saturated heterocycles. The average molecular weight is 851 g/mol. The Labute approximate surface area is 349 Å². The number of hydrogen-bond donors (Lipinski definition) is 0. The van der Waals surface area contributed by atoms with Crippen molar-refractivity contribution < 1.29 is 51.2 Å². The highest BCUT2D eigenvalue weighted by Crippen LogP contribution is 2.42. The number of nitriles is 1. The fourth-order valence-corrected chi connectivity index (χ4v) is 8.65. The number of amides is 1. The van der Waals surface area contributed by atoms with E-state index >= 15 is 4.39 Å². The third-order valence-corrected chi connectivity index (χ3v) is 11.9. The number of nitrogens with zero attached hydrogens (tertiary/aromatic N) is 6. The van der Waals surface area contributed by atoms with Crippen molar-refractivity contribution in [2.24, 2.45) is 0 Å². The summed E-state index contributed by atoms with van der Waals surface area (Å²) in [4.78, 5) is 46.7. The molecule has 60 heavy (non-hydrogen) atoms. The zero-order chi connectivity index (χ0) is 42.5. The number of hydrogen-bond acceptors (Lipinski definition) is 13. The summed E-state index contributed by atoms with van der Waals surface area (Å²) >= 11 is 1.25. The molecule has 0 aliphatic carbocycles. The van der Waals surface area contributed by atoms with Crippen LogP contribution in [0.4, 0.5) is 18.0 Å². The van der Waals surface area contributed by atoms with Gasteiger partial charge in [0.15, 0.2) is 11.9 Å². The van der Waals surface area contributed by atoms with Gasteiger partial charge in [0, 0.05) is 53.7 Å². The largest absolute Gasteiger partial charge is 0.512 e. The second kappa shape index (κ2) is 21.2. The fourth-order valence-electron chi connectivity index (χ4n) is 7.29. The van der Waals surface area contributed by atoms with Gasteiger partial charge in [0.2, 0.25) is 12.7 Å². The molecule has 1 amide bonds.